The van der Waals surface area contributed by atoms with Gasteiger partial charge in [-0.3, -0.25) is 4.79 Å². The van der Waals surface area contributed by atoms with Gasteiger partial charge in [0.05, 0.1) is 0 Å². The second-order valence-corrected chi connectivity index (χ2v) is 1.12. The molecule has 0 bridgehead atoms. The average Bonchev–Trinajstić information content (AvgIpc) is 1.61. The van der Waals surface area contributed by atoms with Gasteiger partial charge in [0.1, 0.15) is 0 Å². The Morgan fingerprint density at radius 3 is 2.71 bits per heavy atom. The minimum atomic E-state index is -0.498. The summed E-state index contributed by atoms with van der Waals surface area (Å²) in [5.41, 5.74) is 4.70. The molecule has 0 aliphatic carbocycles. The van der Waals surface area contributed by atoms with E-state index < -0.39 is 6.03 Å². The van der Waals surface area contributed by atoms with Crippen LogP contribution in [0.3, 0.4) is 0 Å². The van der Waals surface area contributed by atoms with Crippen LogP contribution < -0.4 is 11.0 Å². The highest BCUT2D eigenvalue weighted by Crippen LogP contribution is 1.64. The fourth-order valence-corrected chi connectivity index (χ4v) is 0.203. The third kappa shape index (κ3) is 5.33. The number of carbonyl (C=O) groups is 1. The lowest BCUT2D eigenvalue weighted by Crippen LogP contribution is -2.31. The van der Waals surface area contributed by atoms with E-state index in [4.69, 9.17) is 5.73 Å². The van der Waals surface area contributed by atoms with E-state index in [1.807, 2.05) is 6.92 Å². The number of amides is 2. The molecule has 0 fully saturated rings. The largest absolute Gasteiger partial charge is 0.386 e. The number of nitrogens with one attached hydrogen (secondary N) is 1. The Kier molecular flexibility index (Phi) is 3.19. The van der Waals surface area contributed by atoms with E-state index in [1.165, 1.54) is 0 Å². The Labute approximate surface area is 43.5 Å². The molecule has 39 valence electrons. The molecule has 0 spiro atoms. The van der Waals surface area contributed by atoms with E-state index in [0.29, 0.717) is 0 Å². The maximum atomic E-state index is 9.84. The zero-order chi connectivity index (χ0) is 5.70. The van der Waals surface area contributed by atoms with Gasteiger partial charge in [-0.05, 0) is 0 Å². The molecule has 0 aromatic rings. The first kappa shape index (κ1) is 6.33. The first-order valence-corrected chi connectivity index (χ1v) is 2.15. The summed E-state index contributed by atoms with van der Waals surface area (Å²) in [4.78, 5) is 9.84. The molecule has 0 saturated carbocycles. The molecule has 0 aromatic heterocycles. The van der Waals surface area contributed by atoms with Crippen molar-refractivity contribution in [3.63, 3.8) is 0 Å². The Bertz CT molecular complexity index is 66.0. The molecule has 3 N–H and O–H groups in total. The fourth-order valence-electron chi connectivity index (χ4n) is 0.203. The number of hydrogen-bond acceptors (Lipinski definition) is 1. The Morgan fingerprint density at radius 1 is 2.00 bits per heavy atom. The summed E-state index contributed by atoms with van der Waals surface area (Å²) >= 11 is 0. The van der Waals surface area contributed by atoms with Gasteiger partial charge in [0, 0.05) is 0 Å². The van der Waals surface area contributed by atoms with Crippen molar-refractivity contribution in [2.45, 2.75) is 13.2 Å². The molecule has 7 heavy (non-hydrogen) atoms. The van der Waals surface area contributed by atoms with Crippen LogP contribution in [-0.2, 0) is 0 Å². The molecule has 1 radical (unpaired) electrons. The van der Waals surface area contributed by atoms with Crippen LogP contribution in [0.1, 0.15) is 6.92 Å². The molecule has 0 atom stereocenters. The number of nitrogens with two attached hydrogens (primary N) is 1. The SMILES string of the molecule is CC[B]NC(N)=O. The predicted molar refractivity (Wildman–Crippen MR) is 29.0 cm³/mol. The minimum absolute atomic E-state index is 0.498. The maximum absolute atomic E-state index is 9.84. The monoisotopic (exact) mass is 99.1 g/mol. The molecule has 0 aliphatic rings. The fraction of sp³-hybridized carbons (Fsp3) is 0.667. The van der Waals surface area contributed by atoms with Crippen LogP contribution in [0.15, 0.2) is 0 Å². The summed E-state index contributed by atoms with van der Waals surface area (Å²) in [6, 6.07) is -0.498. The smallest absolute Gasteiger partial charge is 0.299 e. The van der Waals surface area contributed by atoms with Crippen LogP contribution in [0.5, 0.6) is 0 Å². The normalized spacial score (nSPS) is 7.57. The summed E-state index contributed by atoms with van der Waals surface area (Å²) < 4.78 is 0. The predicted octanol–water partition coefficient (Wildman–Crippen LogP) is -0.288. The topological polar surface area (TPSA) is 55.1 Å². The van der Waals surface area contributed by atoms with Crippen molar-refractivity contribution >= 4 is 13.4 Å². The zero-order valence-electron chi connectivity index (χ0n) is 4.27. The zero-order valence-corrected chi connectivity index (χ0v) is 4.27. The van der Waals surface area contributed by atoms with Gasteiger partial charge in [-0.15, -0.1) is 0 Å². The Balaban J connectivity index is 2.82. The molecule has 3 nitrogen and oxygen atoms in total. The van der Waals surface area contributed by atoms with Gasteiger partial charge in [-0.1, -0.05) is 13.2 Å². The van der Waals surface area contributed by atoms with E-state index in [1.54, 1.807) is 7.41 Å². The lowest BCUT2D eigenvalue weighted by Gasteiger charge is -1.90. The van der Waals surface area contributed by atoms with Crippen LogP contribution in [0.25, 0.3) is 0 Å². The highest BCUT2D eigenvalue weighted by atomic mass is 16.2. The molecular weight excluding hydrogens is 90.9 g/mol. The van der Waals surface area contributed by atoms with Gasteiger partial charge in [-0.2, -0.15) is 0 Å². The van der Waals surface area contributed by atoms with Crippen molar-refractivity contribution in [1.29, 1.82) is 0 Å². The van der Waals surface area contributed by atoms with Crippen LogP contribution in [0.4, 0.5) is 4.79 Å². The molecule has 4 heteroatoms. The minimum Gasteiger partial charge on any atom is -0.386 e. The Morgan fingerprint density at radius 2 is 2.57 bits per heavy atom. The van der Waals surface area contributed by atoms with Crippen LogP contribution in [0, 0.1) is 0 Å². The van der Waals surface area contributed by atoms with Crippen molar-refractivity contribution < 1.29 is 4.79 Å². The van der Waals surface area contributed by atoms with Crippen molar-refractivity contribution in [3.8, 4) is 0 Å². The molecule has 0 aromatic carbocycles. The second kappa shape index (κ2) is 3.52. The lowest BCUT2D eigenvalue weighted by atomic mass is 9.91. The van der Waals surface area contributed by atoms with E-state index in [-0.39, 0.29) is 0 Å². The maximum Gasteiger partial charge on any atom is 0.299 e. The molecule has 0 saturated heterocycles. The van der Waals surface area contributed by atoms with Crippen LogP contribution in [-0.4, -0.2) is 13.4 Å². The third-order valence-corrected chi connectivity index (χ3v) is 0.448. The summed E-state index contributed by atoms with van der Waals surface area (Å²) in [6.07, 6.45) is 0.808. The number of carbonyl (C=O) groups excluding carboxylic acids is 1. The summed E-state index contributed by atoms with van der Waals surface area (Å²) in [5.74, 6) is 0. The third-order valence-electron chi connectivity index (χ3n) is 0.448. The molecule has 0 aliphatic heterocycles. The van der Waals surface area contributed by atoms with Crippen LogP contribution >= 0.6 is 0 Å². The van der Waals surface area contributed by atoms with E-state index in [2.05, 4.69) is 5.23 Å². The van der Waals surface area contributed by atoms with Crippen molar-refractivity contribution in [1.82, 2.24) is 5.23 Å². The van der Waals surface area contributed by atoms with Crippen LogP contribution in [0.2, 0.25) is 6.32 Å². The second-order valence-electron chi connectivity index (χ2n) is 1.12. The molecule has 0 heterocycles. The van der Waals surface area contributed by atoms with E-state index in [9.17, 15) is 4.79 Å². The van der Waals surface area contributed by atoms with E-state index in [0.717, 1.165) is 6.32 Å². The van der Waals surface area contributed by atoms with Gasteiger partial charge in [0.25, 0.3) is 6.03 Å². The van der Waals surface area contributed by atoms with Crippen molar-refractivity contribution in [2.75, 3.05) is 0 Å². The highest BCUT2D eigenvalue weighted by molar-refractivity contribution is 6.36. The lowest BCUT2D eigenvalue weighted by molar-refractivity contribution is 0.253. The number of rotatable bonds is 2. The Hall–Kier alpha value is -0.665. The number of hydrogen-bond donors (Lipinski definition) is 2. The standard InChI is InChI=1S/C3H8BN2O/c1-2-4-6-3(5)7/h2H2,1H3,(H3,5,6,7). The van der Waals surface area contributed by atoms with Gasteiger partial charge in [-0.25, -0.2) is 0 Å². The van der Waals surface area contributed by atoms with Crippen molar-refractivity contribution in [2.24, 2.45) is 5.73 Å². The first-order chi connectivity index (χ1) is 3.27. The summed E-state index contributed by atoms with van der Waals surface area (Å²) in [7, 11) is 1.60. The molecular formula is C3H8BN2O. The van der Waals surface area contributed by atoms with E-state index >= 15 is 0 Å². The summed E-state index contributed by atoms with van der Waals surface area (Å²) in [6.45, 7) is 1.91. The number of urea groups is 1. The first-order valence-electron chi connectivity index (χ1n) is 2.15. The quantitative estimate of drug-likeness (QED) is 0.459. The average molecular weight is 98.9 g/mol. The van der Waals surface area contributed by atoms with Crippen molar-refractivity contribution in [3.05, 3.63) is 0 Å². The number of primary amides is 1. The summed E-state index contributed by atoms with van der Waals surface area (Å²) in [5, 5.41) is 2.31. The van der Waals surface area contributed by atoms with Gasteiger partial charge in [0.15, 0.2) is 0 Å². The molecule has 0 unspecified atom stereocenters. The molecule has 2 amide bonds. The molecule has 0 rings (SSSR count). The van der Waals surface area contributed by atoms with Gasteiger partial charge < -0.3 is 11.0 Å². The highest BCUT2D eigenvalue weighted by Gasteiger charge is 1.87. The van der Waals surface area contributed by atoms with Gasteiger partial charge in [0.2, 0.25) is 7.41 Å². The van der Waals surface area contributed by atoms with Gasteiger partial charge >= 0.3 is 0 Å².